The molecule has 0 spiro atoms. The van der Waals surface area contributed by atoms with Crippen LogP contribution in [-0.2, 0) is 16.0 Å². The Morgan fingerprint density at radius 1 is 1.44 bits per heavy atom. The van der Waals surface area contributed by atoms with E-state index < -0.39 is 41.8 Å². The molecule has 0 saturated heterocycles. The Bertz CT molecular complexity index is 409. The molecule has 0 atom stereocenters. The van der Waals surface area contributed by atoms with Gasteiger partial charge in [0.05, 0.1) is 19.2 Å². The molecule has 0 aliphatic carbocycles. The third kappa shape index (κ3) is 2.68. The zero-order valence-electron chi connectivity index (χ0n) is 8.14. The van der Waals surface area contributed by atoms with Gasteiger partial charge in [0.2, 0.25) is 0 Å². The van der Waals surface area contributed by atoms with Crippen LogP contribution in [0.5, 0.6) is 0 Å². The minimum absolute atomic E-state index is 0.271. The molecule has 1 heterocycles. The normalized spacial score (nSPS) is 10.6. The fourth-order valence-electron chi connectivity index (χ4n) is 1.01. The largest absolute Gasteiger partial charge is 0.469 e. The average molecular weight is 237 g/mol. The van der Waals surface area contributed by atoms with Crippen LogP contribution < -0.4 is 0 Å². The molecule has 0 radical (unpaired) electrons. The fraction of sp³-hybridized carbons (Fsp3) is 0.333. The summed E-state index contributed by atoms with van der Waals surface area (Å²) in [6.07, 6.45) is -3.79. The highest BCUT2D eigenvalue weighted by molar-refractivity contribution is 5.71. The van der Waals surface area contributed by atoms with E-state index in [9.17, 15) is 22.4 Å². The lowest BCUT2D eigenvalue weighted by Crippen LogP contribution is -2.11. The van der Waals surface area contributed by atoms with Crippen LogP contribution in [-0.4, -0.2) is 18.1 Å². The zero-order chi connectivity index (χ0) is 12.3. The Morgan fingerprint density at radius 3 is 2.56 bits per heavy atom. The van der Waals surface area contributed by atoms with Gasteiger partial charge in [0.25, 0.3) is 6.43 Å². The van der Waals surface area contributed by atoms with Crippen molar-refractivity contribution in [2.24, 2.45) is 0 Å². The number of rotatable bonds is 3. The third-order valence-electron chi connectivity index (χ3n) is 1.78. The number of carbonyl (C=O) groups is 1. The molecule has 1 rings (SSSR count). The monoisotopic (exact) mass is 237 g/mol. The van der Waals surface area contributed by atoms with Crippen molar-refractivity contribution in [3.05, 3.63) is 29.1 Å². The highest BCUT2D eigenvalue weighted by Crippen LogP contribution is 2.21. The predicted octanol–water partition coefficient (Wildman–Crippen LogP) is 2.01. The summed E-state index contributed by atoms with van der Waals surface area (Å²) in [5, 5.41) is 0. The van der Waals surface area contributed by atoms with E-state index in [1.807, 2.05) is 0 Å². The smallest absolute Gasteiger partial charge is 0.311 e. The second kappa shape index (κ2) is 4.91. The number of pyridine rings is 1. The maximum atomic E-state index is 13.0. The van der Waals surface area contributed by atoms with Gasteiger partial charge in [0, 0.05) is 6.07 Å². The van der Waals surface area contributed by atoms with Gasteiger partial charge in [-0.05, 0) is 0 Å². The molecule has 0 aliphatic rings. The summed E-state index contributed by atoms with van der Waals surface area (Å²) < 4.78 is 54.5. The van der Waals surface area contributed by atoms with Gasteiger partial charge in [0.1, 0.15) is 11.5 Å². The van der Waals surface area contributed by atoms with E-state index in [0.29, 0.717) is 0 Å². The lowest BCUT2D eigenvalue weighted by Gasteiger charge is -2.05. The van der Waals surface area contributed by atoms with Gasteiger partial charge < -0.3 is 4.74 Å². The summed E-state index contributed by atoms with van der Waals surface area (Å²) in [5.74, 6) is -3.45. The minimum atomic E-state index is -3.17. The van der Waals surface area contributed by atoms with E-state index in [1.165, 1.54) is 0 Å². The van der Waals surface area contributed by atoms with Crippen LogP contribution in [0.3, 0.4) is 0 Å². The van der Waals surface area contributed by atoms with Crippen molar-refractivity contribution in [3.8, 4) is 0 Å². The molecule has 0 N–H and O–H groups in total. The van der Waals surface area contributed by atoms with Crippen molar-refractivity contribution in [1.29, 1.82) is 0 Å². The molecule has 16 heavy (non-hydrogen) atoms. The zero-order valence-corrected chi connectivity index (χ0v) is 8.14. The minimum Gasteiger partial charge on any atom is -0.469 e. The Kier molecular flexibility index (Phi) is 3.81. The average Bonchev–Trinajstić information content (AvgIpc) is 2.21. The predicted molar refractivity (Wildman–Crippen MR) is 44.8 cm³/mol. The van der Waals surface area contributed by atoms with Gasteiger partial charge in [-0.2, -0.15) is 0 Å². The van der Waals surface area contributed by atoms with Crippen molar-refractivity contribution in [3.63, 3.8) is 0 Å². The number of aromatic nitrogens is 1. The maximum Gasteiger partial charge on any atom is 0.311 e. The van der Waals surface area contributed by atoms with Gasteiger partial charge in [-0.3, -0.25) is 4.79 Å². The number of nitrogens with zero attached hydrogens (tertiary/aromatic N) is 1. The molecular weight excluding hydrogens is 230 g/mol. The first-order valence-electron chi connectivity index (χ1n) is 4.15. The standard InChI is InChI=1S/C9H7F4NO2/c1-16-7(15)3-6-4(10)2-5(11)8(14-6)9(12)13/h2,9H,3H2,1H3. The van der Waals surface area contributed by atoms with Crippen LogP contribution in [0.15, 0.2) is 6.07 Å². The summed E-state index contributed by atoms with van der Waals surface area (Å²) >= 11 is 0. The lowest BCUT2D eigenvalue weighted by molar-refractivity contribution is -0.139. The van der Waals surface area contributed by atoms with Crippen LogP contribution >= 0.6 is 0 Å². The molecule has 0 aromatic carbocycles. The second-order valence-corrected chi connectivity index (χ2v) is 2.84. The Morgan fingerprint density at radius 2 is 2.06 bits per heavy atom. The molecule has 7 heteroatoms. The Balaban J connectivity index is 3.09. The van der Waals surface area contributed by atoms with E-state index >= 15 is 0 Å². The summed E-state index contributed by atoms with van der Waals surface area (Å²) in [5.41, 5.74) is -1.75. The van der Waals surface area contributed by atoms with Crippen LogP contribution in [0, 0.1) is 11.6 Å². The van der Waals surface area contributed by atoms with Crippen LogP contribution in [0.25, 0.3) is 0 Å². The molecule has 88 valence electrons. The molecular formula is C9H7F4NO2. The number of ether oxygens (including phenoxy) is 1. The first kappa shape index (κ1) is 12.4. The Hall–Kier alpha value is -1.66. The summed E-state index contributed by atoms with van der Waals surface area (Å²) in [7, 11) is 1.05. The first-order chi connectivity index (χ1) is 7.45. The highest BCUT2D eigenvalue weighted by atomic mass is 19.3. The van der Waals surface area contributed by atoms with Gasteiger partial charge in [-0.25, -0.2) is 22.5 Å². The van der Waals surface area contributed by atoms with Crippen molar-refractivity contribution in [2.45, 2.75) is 12.8 Å². The quantitative estimate of drug-likeness (QED) is 0.596. The van der Waals surface area contributed by atoms with Gasteiger partial charge in [0.15, 0.2) is 5.82 Å². The van der Waals surface area contributed by atoms with E-state index in [2.05, 4.69) is 9.72 Å². The van der Waals surface area contributed by atoms with Crippen molar-refractivity contribution < 1.29 is 27.1 Å². The number of carbonyl (C=O) groups excluding carboxylic acids is 1. The van der Waals surface area contributed by atoms with Crippen LogP contribution in [0.1, 0.15) is 17.8 Å². The molecule has 3 nitrogen and oxygen atoms in total. The number of hydrogen-bond acceptors (Lipinski definition) is 3. The van der Waals surface area contributed by atoms with Gasteiger partial charge >= 0.3 is 5.97 Å². The van der Waals surface area contributed by atoms with E-state index in [-0.39, 0.29) is 6.07 Å². The van der Waals surface area contributed by atoms with E-state index in [0.717, 1.165) is 7.11 Å². The molecule has 0 unspecified atom stereocenters. The first-order valence-corrected chi connectivity index (χ1v) is 4.15. The molecule has 1 aromatic heterocycles. The number of esters is 1. The number of alkyl halides is 2. The van der Waals surface area contributed by atoms with Gasteiger partial charge in [-0.15, -0.1) is 0 Å². The molecule has 0 aliphatic heterocycles. The summed E-state index contributed by atoms with van der Waals surface area (Å²) in [4.78, 5) is 13.8. The van der Waals surface area contributed by atoms with Crippen molar-refractivity contribution >= 4 is 5.97 Å². The van der Waals surface area contributed by atoms with Gasteiger partial charge in [-0.1, -0.05) is 0 Å². The molecule has 1 aromatic rings. The summed E-state index contributed by atoms with van der Waals surface area (Å²) in [6.45, 7) is 0. The van der Waals surface area contributed by atoms with Crippen molar-refractivity contribution in [1.82, 2.24) is 4.98 Å². The Labute approximate surface area is 88.0 Å². The number of hydrogen-bond donors (Lipinski definition) is 0. The maximum absolute atomic E-state index is 13.0. The van der Waals surface area contributed by atoms with Crippen LogP contribution in [0.2, 0.25) is 0 Å². The SMILES string of the molecule is COC(=O)Cc1nc(C(F)F)c(F)cc1F. The number of halogens is 4. The third-order valence-corrected chi connectivity index (χ3v) is 1.78. The number of methoxy groups -OCH3 is 1. The topological polar surface area (TPSA) is 39.2 Å². The van der Waals surface area contributed by atoms with E-state index in [4.69, 9.17) is 0 Å². The van der Waals surface area contributed by atoms with Crippen molar-refractivity contribution in [2.75, 3.05) is 7.11 Å². The van der Waals surface area contributed by atoms with Crippen LogP contribution in [0.4, 0.5) is 17.6 Å². The second-order valence-electron chi connectivity index (χ2n) is 2.84. The molecule has 0 fully saturated rings. The fourth-order valence-corrected chi connectivity index (χ4v) is 1.01. The molecule has 0 amide bonds. The molecule has 0 saturated carbocycles. The van der Waals surface area contributed by atoms with E-state index in [1.54, 1.807) is 0 Å². The lowest BCUT2D eigenvalue weighted by atomic mass is 10.2. The summed E-state index contributed by atoms with van der Waals surface area (Å²) in [6, 6.07) is 0.271. The molecule has 0 bridgehead atoms. The highest BCUT2D eigenvalue weighted by Gasteiger charge is 2.20.